The van der Waals surface area contributed by atoms with Crippen LogP contribution in [-0.4, -0.2) is 25.8 Å². The summed E-state index contributed by atoms with van der Waals surface area (Å²) in [7, 11) is 0. The van der Waals surface area contributed by atoms with Gasteiger partial charge in [-0.1, -0.05) is 60.3 Å². The van der Waals surface area contributed by atoms with E-state index in [1.807, 2.05) is 40.7 Å². The Morgan fingerprint density at radius 3 is 2.48 bits per heavy atom. The maximum atomic E-state index is 11.9. The minimum Gasteiger partial charge on any atom is -0.265 e. The molecular weight excluding hydrogens is 350 g/mol. The van der Waals surface area contributed by atoms with Gasteiger partial charge in [0, 0.05) is 15.9 Å². The molecule has 3 aromatic rings. The highest BCUT2D eigenvalue weighted by atomic mass is 32.2. The van der Waals surface area contributed by atoms with Crippen LogP contribution in [0.5, 0.6) is 0 Å². The van der Waals surface area contributed by atoms with Crippen LogP contribution in [0.4, 0.5) is 0 Å². The Labute approximate surface area is 154 Å². The van der Waals surface area contributed by atoms with Crippen LogP contribution in [0.2, 0.25) is 0 Å². The van der Waals surface area contributed by atoms with Gasteiger partial charge in [-0.05, 0) is 24.6 Å². The molecule has 0 bridgehead atoms. The van der Waals surface area contributed by atoms with Crippen LogP contribution in [0.25, 0.3) is 0 Å². The number of hydrogen-bond acceptors (Lipinski definition) is 5. The summed E-state index contributed by atoms with van der Waals surface area (Å²) in [4.78, 5) is 17.4. The van der Waals surface area contributed by atoms with Crippen LogP contribution in [0.1, 0.15) is 17.3 Å². The van der Waals surface area contributed by atoms with Crippen LogP contribution in [0.3, 0.4) is 0 Å². The highest BCUT2D eigenvalue weighted by molar-refractivity contribution is 8.03. The highest BCUT2D eigenvalue weighted by Crippen LogP contribution is 2.41. The summed E-state index contributed by atoms with van der Waals surface area (Å²) in [6.07, 6.45) is 0. The zero-order chi connectivity index (χ0) is 17.2. The van der Waals surface area contributed by atoms with Crippen molar-refractivity contribution >= 4 is 23.5 Å². The molecule has 0 unspecified atom stereocenters. The Bertz CT molecular complexity index is 928. The van der Waals surface area contributed by atoms with Crippen molar-refractivity contribution in [2.45, 2.75) is 28.3 Å². The second-order valence-corrected chi connectivity index (χ2v) is 8.17. The van der Waals surface area contributed by atoms with E-state index in [4.69, 9.17) is 0 Å². The summed E-state index contributed by atoms with van der Waals surface area (Å²) >= 11 is 3.46. The summed E-state index contributed by atoms with van der Waals surface area (Å²) in [5.74, 6) is 0.885. The number of aromatic nitrogens is 3. The molecule has 2 aromatic carbocycles. The number of rotatable bonds is 3. The molecule has 0 saturated heterocycles. The summed E-state index contributed by atoms with van der Waals surface area (Å²) in [5, 5.41) is 5.58. The van der Waals surface area contributed by atoms with Crippen LogP contribution in [0.15, 0.2) is 75.5 Å². The van der Waals surface area contributed by atoms with E-state index in [-0.39, 0.29) is 11.6 Å². The van der Waals surface area contributed by atoms with E-state index >= 15 is 0 Å². The first-order chi connectivity index (χ1) is 12.2. The number of fused-ring (bicyclic) bond motifs is 1. The van der Waals surface area contributed by atoms with E-state index in [9.17, 15) is 4.79 Å². The number of nitrogens with zero attached hydrogens (tertiary/aromatic N) is 3. The van der Waals surface area contributed by atoms with Crippen molar-refractivity contribution in [3.63, 3.8) is 0 Å². The van der Waals surface area contributed by atoms with Gasteiger partial charge in [0.15, 0.2) is 5.16 Å². The lowest BCUT2D eigenvalue weighted by Gasteiger charge is -2.33. The topological polar surface area (TPSA) is 47.8 Å². The Hall–Kier alpha value is -2.05. The lowest BCUT2D eigenvalue weighted by molar-refractivity contribution is 0.431. The predicted molar refractivity (Wildman–Crippen MR) is 102 cm³/mol. The van der Waals surface area contributed by atoms with Gasteiger partial charge in [0.2, 0.25) is 0 Å². The molecule has 1 aliphatic heterocycles. The molecule has 1 aliphatic rings. The number of benzene rings is 2. The number of thioether (sulfide) groups is 2. The fraction of sp³-hybridized carbons (Fsp3) is 0.211. The Morgan fingerprint density at radius 2 is 1.76 bits per heavy atom. The van der Waals surface area contributed by atoms with E-state index in [2.05, 4.69) is 46.5 Å². The van der Waals surface area contributed by atoms with Gasteiger partial charge in [0.1, 0.15) is 5.69 Å². The zero-order valence-corrected chi connectivity index (χ0v) is 15.3. The second kappa shape index (κ2) is 7.06. The first-order valence-corrected chi connectivity index (χ1v) is 9.96. The molecule has 0 amide bonds. The van der Waals surface area contributed by atoms with Gasteiger partial charge >= 0.3 is 0 Å². The monoisotopic (exact) mass is 367 g/mol. The second-order valence-electron chi connectivity index (χ2n) is 5.87. The number of aryl methyl sites for hydroxylation is 1. The molecule has 0 fully saturated rings. The highest BCUT2D eigenvalue weighted by Gasteiger charge is 2.33. The molecule has 0 spiro atoms. The Balaban J connectivity index is 1.79. The fourth-order valence-electron chi connectivity index (χ4n) is 2.93. The molecule has 2 atom stereocenters. The van der Waals surface area contributed by atoms with Gasteiger partial charge in [-0.15, -0.1) is 11.8 Å². The SMILES string of the molecule is Cc1nn2c(nc1=O)SC[C@@H](Sc1ccccc1)[C@H]2c1ccccc1. The maximum absolute atomic E-state index is 11.9. The van der Waals surface area contributed by atoms with E-state index in [1.54, 1.807) is 18.7 Å². The van der Waals surface area contributed by atoms with Crippen LogP contribution in [-0.2, 0) is 0 Å². The van der Waals surface area contributed by atoms with Crippen molar-refractivity contribution in [1.82, 2.24) is 14.8 Å². The summed E-state index contributed by atoms with van der Waals surface area (Å²) in [5.41, 5.74) is 1.39. The lowest BCUT2D eigenvalue weighted by atomic mass is 10.0. The normalized spacial score (nSPS) is 19.4. The molecule has 0 radical (unpaired) electrons. The fourth-order valence-corrected chi connectivity index (χ4v) is 5.40. The third-order valence-electron chi connectivity index (χ3n) is 4.12. The smallest absolute Gasteiger partial charge is 0.265 e. The first-order valence-electron chi connectivity index (χ1n) is 8.09. The third-order valence-corrected chi connectivity index (χ3v) is 6.67. The van der Waals surface area contributed by atoms with Crippen molar-refractivity contribution in [3.05, 3.63) is 82.3 Å². The molecule has 25 heavy (non-hydrogen) atoms. The molecule has 4 rings (SSSR count). The Morgan fingerprint density at radius 1 is 1.08 bits per heavy atom. The van der Waals surface area contributed by atoms with Gasteiger partial charge in [0.05, 0.1) is 6.04 Å². The summed E-state index contributed by atoms with van der Waals surface area (Å²) < 4.78 is 1.93. The number of hydrogen-bond donors (Lipinski definition) is 0. The average molecular weight is 367 g/mol. The van der Waals surface area contributed by atoms with Crippen molar-refractivity contribution < 1.29 is 0 Å². The van der Waals surface area contributed by atoms with E-state index in [1.165, 1.54) is 10.5 Å². The van der Waals surface area contributed by atoms with Gasteiger partial charge in [0.25, 0.3) is 5.56 Å². The zero-order valence-electron chi connectivity index (χ0n) is 13.7. The molecular formula is C19H17N3OS2. The average Bonchev–Trinajstić information content (AvgIpc) is 2.64. The van der Waals surface area contributed by atoms with Crippen molar-refractivity contribution in [1.29, 1.82) is 0 Å². The minimum atomic E-state index is -0.236. The quantitative estimate of drug-likeness (QED) is 0.705. The van der Waals surface area contributed by atoms with Gasteiger partial charge in [-0.3, -0.25) is 4.79 Å². The lowest BCUT2D eigenvalue weighted by Crippen LogP contribution is -2.35. The molecule has 6 heteroatoms. The van der Waals surface area contributed by atoms with Crippen LogP contribution < -0.4 is 5.56 Å². The Kier molecular flexibility index (Phi) is 4.63. The third kappa shape index (κ3) is 3.37. The summed E-state index contributed by atoms with van der Waals surface area (Å²) in [6.45, 7) is 1.73. The molecule has 2 heterocycles. The first kappa shape index (κ1) is 16.4. The maximum Gasteiger partial charge on any atom is 0.295 e. The molecule has 0 N–H and O–H groups in total. The van der Waals surface area contributed by atoms with Crippen molar-refractivity contribution in [2.75, 3.05) is 5.75 Å². The molecule has 0 aliphatic carbocycles. The van der Waals surface area contributed by atoms with Crippen LogP contribution >= 0.6 is 23.5 Å². The largest absolute Gasteiger partial charge is 0.295 e. The van der Waals surface area contributed by atoms with E-state index < -0.39 is 0 Å². The molecule has 4 nitrogen and oxygen atoms in total. The standard InChI is InChI=1S/C19H17N3OS2/c1-13-18(23)20-19-22(21-13)17(14-8-4-2-5-9-14)16(12-24-19)25-15-10-6-3-7-11-15/h2-11,16-17H,12H2,1H3/t16-,17-/m1/s1. The van der Waals surface area contributed by atoms with Crippen molar-refractivity contribution in [2.24, 2.45) is 0 Å². The van der Waals surface area contributed by atoms with Gasteiger partial charge in [-0.2, -0.15) is 10.1 Å². The van der Waals surface area contributed by atoms with Gasteiger partial charge in [-0.25, -0.2) is 4.68 Å². The summed E-state index contributed by atoms with van der Waals surface area (Å²) in [6, 6.07) is 20.8. The molecule has 126 valence electrons. The predicted octanol–water partition coefficient (Wildman–Crippen LogP) is 3.80. The molecule has 0 saturated carbocycles. The van der Waals surface area contributed by atoms with Gasteiger partial charge < -0.3 is 0 Å². The van der Waals surface area contributed by atoms with E-state index in [0.29, 0.717) is 16.1 Å². The minimum absolute atomic E-state index is 0.0504. The van der Waals surface area contributed by atoms with E-state index in [0.717, 1.165) is 5.75 Å². The van der Waals surface area contributed by atoms with Crippen molar-refractivity contribution in [3.8, 4) is 0 Å². The van der Waals surface area contributed by atoms with Crippen LogP contribution in [0, 0.1) is 6.92 Å². The molecule has 1 aromatic heterocycles.